The summed E-state index contributed by atoms with van der Waals surface area (Å²) in [5.74, 6) is 1.35. The number of halogens is 1. The monoisotopic (exact) mass is 446 g/mol. The number of rotatable bonds is 3. The molecule has 2 saturated heterocycles. The summed E-state index contributed by atoms with van der Waals surface area (Å²) >= 11 is 11.0. The first kappa shape index (κ1) is 18.0. The van der Waals surface area contributed by atoms with Crippen molar-refractivity contribution in [1.29, 1.82) is 0 Å². The summed E-state index contributed by atoms with van der Waals surface area (Å²) in [7, 11) is 0. The van der Waals surface area contributed by atoms with Crippen molar-refractivity contribution in [3.05, 3.63) is 64.1 Å². The summed E-state index contributed by atoms with van der Waals surface area (Å²) in [6.07, 6.45) is 0. The topological polar surface area (TPSA) is 23.6 Å². The van der Waals surface area contributed by atoms with Gasteiger partial charge in [-0.25, -0.2) is 0 Å². The molecule has 0 saturated carbocycles. The Bertz CT molecular complexity index is 851. The number of carbonyl (C=O) groups is 1. The molecule has 0 N–H and O–H groups in total. The molecular weight excluding hydrogens is 428 g/mol. The van der Waals surface area contributed by atoms with Crippen LogP contribution in [-0.2, 0) is 4.79 Å². The molecule has 0 spiro atoms. The molecule has 2 atom stereocenters. The van der Waals surface area contributed by atoms with E-state index in [0.717, 1.165) is 15.9 Å². The number of thiocarbonyl (C=S) groups is 1. The van der Waals surface area contributed by atoms with E-state index in [2.05, 4.69) is 58.9 Å². The normalized spacial score (nSPS) is 22.5. The third kappa shape index (κ3) is 2.98. The molecular formula is C20H19BrN2OS2. The minimum atomic E-state index is -0.175. The molecule has 1 amide bonds. The summed E-state index contributed by atoms with van der Waals surface area (Å²) in [6, 6.07) is 16.3. The van der Waals surface area contributed by atoms with Gasteiger partial charge >= 0.3 is 0 Å². The van der Waals surface area contributed by atoms with Crippen LogP contribution in [0.1, 0.15) is 36.3 Å². The van der Waals surface area contributed by atoms with Crippen LogP contribution in [0.4, 0.5) is 5.69 Å². The lowest BCUT2D eigenvalue weighted by Crippen LogP contribution is -2.33. The molecule has 0 radical (unpaired) electrons. The summed E-state index contributed by atoms with van der Waals surface area (Å²) in [4.78, 5) is 16.8. The number of anilines is 1. The number of thioether (sulfide) groups is 1. The van der Waals surface area contributed by atoms with Crippen LogP contribution in [0.25, 0.3) is 0 Å². The second-order valence-electron chi connectivity index (χ2n) is 6.86. The van der Waals surface area contributed by atoms with E-state index in [1.165, 1.54) is 11.1 Å². The molecule has 0 bridgehead atoms. The lowest BCUT2D eigenvalue weighted by atomic mass is 10.0. The van der Waals surface area contributed by atoms with Gasteiger partial charge < -0.3 is 4.90 Å². The fourth-order valence-electron chi connectivity index (χ4n) is 3.42. The molecule has 26 heavy (non-hydrogen) atoms. The van der Waals surface area contributed by atoms with Gasteiger partial charge in [0.25, 0.3) is 5.91 Å². The van der Waals surface area contributed by atoms with Crippen LogP contribution in [0.5, 0.6) is 0 Å². The largest absolute Gasteiger partial charge is 0.319 e. The van der Waals surface area contributed by atoms with Crippen molar-refractivity contribution < 1.29 is 4.79 Å². The van der Waals surface area contributed by atoms with Crippen molar-refractivity contribution in [2.75, 3.05) is 10.7 Å². The minimum Gasteiger partial charge on any atom is -0.319 e. The summed E-state index contributed by atoms with van der Waals surface area (Å²) in [5, 5.41) is 0.698. The predicted octanol–water partition coefficient (Wildman–Crippen LogP) is 5.32. The van der Waals surface area contributed by atoms with Crippen LogP contribution in [-0.4, -0.2) is 27.7 Å². The van der Waals surface area contributed by atoms with Gasteiger partial charge in [-0.1, -0.05) is 54.0 Å². The molecule has 2 aromatic rings. The van der Waals surface area contributed by atoms with E-state index >= 15 is 0 Å². The SMILES string of the molecule is CC(C)c1ccc([C@@H]2SC[C@H]3C(=O)N(c4ccc(Br)cc4)C(=S)N32)cc1. The van der Waals surface area contributed by atoms with Gasteiger partial charge in [0, 0.05) is 10.2 Å². The highest BCUT2D eigenvalue weighted by Crippen LogP contribution is 2.46. The smallest absolute Gasteiger partial charge is 0.257 e. The fraction of sp³-hybridized carbons (Fsp3) is 0.300. The number of benzene rings is 2. The van der Waals surface area contributed by atoms with Gasteiger partial charge in [0.05, 0.1) is 5.69 Å². The molecule has 4 rings (SSSR count). The highest BCUT2D eigenvalue weighted by molar-refractivity contribution is 9.10. The predicted molar refractivity (Wildman–Crippen MR) is 116 cm³/mol. The zero-order chi connectivity index (χ0) is 18.4. The van der Waals surface area contributed by atoms with Crippen LogP contribution in [0.2, 0.25) is 0 Å². The van der Waals surface area contributed by atoms with Gasteiger partial charge in [0.1, 0.15) is 11.4 Å². The fourth-order valence-corrected chi connectivity index (χ4v) is 5.60. The highest BCUT2D eigenvalue weighted by atomic mass is 79.9. The molecule has 2 heterocycles. The minimum absolute atomic E-state index is 0.0751. The third-order valence-corrected chi connectivity index (χ3v) is 7.14. The maximum absolute atomic E-state index is 13.0. The Labute approximate surface area is 171 Å². The molecule has 0 aliphatic carbocycles. The Morgan fingerprint density at radius 3 is 2.38 bits per heavy atom. The average Bonchev–Trinajstić information content (AvgIpc) is 3.17. The van der Waals surface area contributed by atoms with Gasteiger partial charge in [0.15, 0.2) is 5.11 Å². The van der Waals surface area contributed by atoms with E-state index in [9.17, 15) is 4.79 Å². The molecule has 0 aromatic heterocycles. The molecule has 2 aliphatic rings. The van der Waals surface area contributed by atoms with E-state index in [1.54, 1.807) is 16.7 Å². The van der Waals surface area contributed by atoms with Crippen molar-refractivity contribution in [2.24, 2.45) is 0 Å². The van der Waals surface area contributed by atoms with Crippen LogP contribution in [0.3, 0.4) is 0 Å². The van der Waals surface area contributed by atoms with Crippen molar-refractivity contribution >= 4 is 56.6 Å². The Balaban J connectivity index is 1.63. The van der Waals surface area contributed by atoms with Gasteiger partial charge in [-0.15, -0.1) is 11.8 Å². The van der Waals surface area contributed by atoms with E-state index in [0.29, 0.717) is 11.0 Å². The lowest BCUT2D eigenvalue weighted by Gasteiger charge is -2.26. The van der Waals surface area contributed by atoms with Crippen LogP contribution >= 0.6 is 39.9 Å². The van der Waals surface area contributed by atoms with Gasteiger partial charge in [-0.2, -0.15) is 0 Å². The Hall–Kier alpha value is -1.37. The molecule has 2 fully saturated rings. The van der Waals surface area contributed by atoms with Gasteiger partial charge in [0.2, 0.25) is 0 Å². The van der Waals surface area contributed by atoms with Gasteiger partial charge in [-0.05, 0) is 53.5 Å². The first-order valence-corrected chi connectivity index (χ1v) is 10.9. The summed E-state index contributed by atoms with van der Waals surface area (Å²) in [5.41, 5.74) is 3.36. The van der Waals surface area contributed by atoms with E-state index in [-0.39, 0.29) is 17.3 Å². The molecule has 2 aliphatic heterocycles. The zero-order valence-corrected chi connectivity index (χ0v) is 17.8. The highest BCUT2D eigenvalue weighted by Gasteiger charge is 2.50. The Kier molecular flexibility index (Phi) is 4.84. The van der Waals surface area contributed by atoms with Crippen molar-refractivity contribution in [3.63, 3.8) is 0 Å². The maximum atomic E-state index is 13.0. The van der Waals surface area contributed by atoms with Crippen LogP contribution in [0.15, 0.2) is 53.0 Å². The first-order valence-electron chi connectivity index (χ1n) is 8.60. The van der Waals surface area contributed by atoms with Crippen molar-refractivity contribution in [3.8, 4) is 0 Å². The quantitative estimate of drug-likeness (QED) is 0.595. The summed E-state index contributed by atoms with van der Waals surface area (Å²) < 4.78 is 0.984. The molecule has 0 unspecified atom stereocenters. The van der Waals surface area contributed by atoms with Crippen LogP contribution < -0.4 is 4.90 Å². The molecule has 134 valence electrons. The summed E-state index contributed by atoms with van der Waals surface area (Å²) in [6.45, 7) is 4.39. The van der Waals surface area contributed by atoms with Crippen molar-refractivity contribution in [1.82, 2.24) is 4.90 Å². The molecule has 2 aromatic carbocycles. The number of amides is 1. The number of nitrogens with zero attached hydrogens (tertiary/aromatic N) is 2. The van der Waals surface area contributed by atoms with E-state index in [1.807, 2.05) is 24.3 Å². The number of hydrogen-bond acceptors (Lipinski definition) is 3. The molecule has 6 heteroatoms. The van der Waals surface area contributed by atoms with E-state index in [4.69, 9.17) is 12.2 Å². The van der Waals surface area contributed by atoms with Crippen LogP contribution in [0, 0.1) is 0 Å². The maximum Gasteiger partial charge on any atom is 0.257 e. The molecule has 3 nitrogen and oxygen atoms in total. The number of carbonyl (C=O) groups excluding carboxylic acids is 1. The average molecular weight is 447 g/mol. The first-order chi connectivity index (χ1) is 12.5. The zero-order valence-electron chi connectivity index (χ0n) is 14.6. The van der Waals surface area contributed by atoms with Crippen molar-refractivity contribution in [2.45, 2.75) is 31.2 Å². The Morgan fingerprint density at radius 1 is 1.12 bits per heavy atom. The Morgan fingerprint density at radius 2 is 1.77 bits per heavy atom. The third-order valence-electron chi connectivity index (χ3n) is 4.89. The van der Waals surface area contributed by atoms with Gasteiger partial charge in [-0.3, -0.25) is 9.69 Å². The second kappa shape index (κ2) is 6.98. The standard InChI is InChI=1S/C20H19BrN2OS2/c1-12(2)13-3-5-14(6-4-13)19-23-17(11-26-19)18(24)22(20(23)25)16-9-7-15(21)8-10-16/h3-10,12,17,19H,11H2,1-2H3/t17-,19-/m0/s1. The second-order valence-corrected chi connectivity index (χ2v) is 9.26. The lowest BCUT2D eigenvalue weighted by molar-refractivity contribution is -0.119. The number of hydrogen-bond donors (Lipinski definition) is 0. The number of fused-ring (bicyclic) bond motifs is 1. The van der Waals surface area contributed by atoms with E-state index < -0.39 is 0 Å².